The predicted molar refractivity (Wildman–Crippen MR) is 68.7 cm³/mol. The van der Waals surface area contributed by atoms with Gasteiger partial charge in [0.15, 0.2) is 0 Å². The van der Waals surface area contributed by atoms with Crippen molar-refractivity contribution in [3.8, 4) is 0 Å². The van der Waals surface area contributed by atoms with E-state index in [9.17, 15) is 86.1 Å². The van der Waals surface area contributed by atoms with Crippen molar-refractivity contribution in [2.45, 2.75) is 0 Å². The van der Waals surface area contributed by atoms with Crippen LogP contribution in [-0.4, -0.2) is 69.4 Å². The average molecular weight is 582 g/mol. The first-order chi connectivity index (χ1) is 9.75. The van der Waals surface area contributed by atoms with Gasteiger partial charge in [0.2, 0.25) is 0 Å². The Hall–Kier alpha value is 3.03. The molecule has 0 aromatic carbocycles. The van der Waals surface area contributed by atoms with E-state index >= 15 is 0 Å². The minimum absolute atomic E-state index is 0. The van der Waals surface area contributed by atoms with Gasteiger partial charge in [-0.05, 0) is 43.7 Å². The fourth-order valence-electron chi connectivity index (χ4n) is 0. The van der Waals surface area contributed by atoms with Gasteiger partial charge in [0.05, 0.1) is 0 Å². The Labute approximate surface area is 198 Å². The summed E-state index contributed by atoms with van der Waals surface area (Å²) >= 11 is 0. The third-order valence-corrected chi connectivity index (χ3v) is 8.10. The summed E-state index contributed by atoms with van der Waals surface area (Å²) in [6.07, 6.45) is 0. The Morgan fingerprint density at radius 2 is 0.286 bits per heavy atom. The second kappa shape index (κ2) is 16.6. The molecule has 0 amide bonds. The van der Waals surface area contributed by atoms with Gasteiger partial charge in [0.25, 0.3) is 0 Å². The molecule has 0 unspecified atom stereocenters. The normalized spacial score (nSPS) is 12.0. The van der Waals surface area contributed by atoms with Crippen LogP contribution in [0.2, 0.25) is 0 Å². The SMILES string of the molecule is O=P([O-])([O-])P(=O)([O-])[O-].O=P([O-])([O-])P(=O)([O-])[O-].O=P([O-])([O-])P(=O)([O-])[O-].[Al+3].[Al+3].[Al+3].[Al+3]. The fourth-order valence-corrected chi connectivity index (χ4v) is 0. The van der Waals surface area contributed by atoms with Crippen molar-refractivity contribution in [2.24, 2.45) is 0 Å². The van der Waals surface area contributed by atoms with Gasteiger partial charge < -0.3 is 86.1 Å². The first kappa shape index (κ1) is 48.5. The second-order valence-corrected chi connectivity index (χ2v) is 17.3. The van der Waals surface area contributed by atoms with Crippen molar-refractivity contribution < 1.29 is 86.1 Å². The molecule has 0 spiro atoms. The summed E-state index contributed by atoms with van der Waals surface area (Å²) in [5.74, 6) is 0. The summed E-state index contributed by atoms with van der Waals surface area (Å²) < 4.78 is 55.4. The van der Waals surface area contributed by atoms with Gasteiger partial charge in [-0.15, -0.1) is 0 Å². The van der Waals surface area contributed by atoms with Gasteiger partial charge >= 0.3 is 69.4 Å². The number of hydrogen-bond donors (Lipinski definition) is 0. The maximum absolute atomic E-state index is 9.24. The van der Waals surface area contributed by atoms with Gasteiger partial charge in [0.1, 0.15) is 0 Å². The molecule has 0 N–H and O–H groups in total. The summed E-state index contributed by atoms with van der Waals surface area (Å²) in [5.41, 5.74) is 0. The van der Waals surface area contributed by atoms with Crippen LogP contribution in [0.5, 0.6) is 0 Å². The molecule has 0 aromatic heterocycles. The van der Waals surface area contributed by atoms with Crippen LogP contribution in [0.1, 0.15) is 0 Å². The van der Waals surface area contributed by atoms with Crippen molar-refractivity contribution >= 4 is 113 Å². The van der Waals surface area contributed by atoms with Gasteiger partial charge in [-0.3, -0.25) is 0 Å². The molecule has 0 bridgehead atoms. The topological polar surface area (TPSA) is 379 Å². The van der Waals surface area contributed by atoms with Crippen LogP contribution in [0.3, 0.4) is 0 Å². The summed E-state index contributed by atoms with van der Waals surface area (Å²) in [6.45, 7) is 0. The number of rotatable bonds is 3. The molecule has 28 heteroatoms. The van der Waals surface area contributed by atoms with Gasteiger partial charge in [-0.2, -0.15) is 0 Å². The predicted octanol–water partition coefficient (Wildman–Crippen LogP) is -11.3. The minimum atomic E-state index is -5.91. The Balaban J connectivity index is -0.0000000441. The molecular weight excluding hydrogens is 582 g/mol. The smallest absolute Gasteiger partial charge is 0.807 e. The van der Waals surface area contributed by atoms with Crippen LogP contribution in [-0.2, 0) is 27.4 Å². The van der Waals surface area contributed by atoms with Crippen molar-refractivity contribution in [3.05, 3.63) is 0 Å². The molecule has 150 valence electrons. The van der Waals surface area contributed by atoms with Gasteiger partial charge in [0, 0.05) is 0 Å². The molecule has 0 fully saturated rings. The summed E-state index contributed by atoms with van der Waals surface area (Å²) in [7, 11) is -35.4. The summed E-state index contributed by atoms with van der Waals surface area (Å²) in [4.78, 5) is 111. The van der Waals surface area contributed by atoms with Crippen LogP contribution < -0.4 is 58.7 Å². The molecule has 0 heterocycles. The number of hydrogen-bond acceptors (Lipinski definition) is 18. The molecule has 28 heavy (non-hydrogen) atoms. The quantitative estimate of drug-likeness (QED) is 0.220. The maximum Gasteiger partial charge on any atom is 3.00 e. The molecule has 0 aliphatic rings. The molecular formula is Al4O18P6. The van der Waals surface area contributed by atoms with Crippen molar-refractivity contribution in [1.29, 1.82) is 0 Å². The van der Waals surface area contributed by atoms with Gasteiger partial charge in [-0.25, -0.2) is 0 Å². The van der Waals surface area contributed by atoms with E-state index in [0.717, 1.165) is 0 Å². The van der Waals surface area contributed by atoms with E-state index in [1.165, 1.54) is 0 Å². The zero-order valence-electron chi connectivity index (χ0n) is 12.3. The second-order valence-electron chi connectivity index (χ2n) is 2.81. The molecule has 0 radical (unpaired) electrons. The van der Waals surface area contributed by atoms with E-state index in [1.807, 2.05) is 0 Å². The van der Waals surface area contributed by atoms with Crippen LogP contribution >= 0.6 is 43.7 Å². The van der Waals surface area contributed by atoms with E-state index in [0.29, 0.717) is 0 Å². The Bertz CT molecular complexity index is 518. The molecule has 0 saturated heterocycles. The molecule has 0 atom stereocenters. The van der Waals surface area contributed by atoms with Crippen LogP contribution in [0.4, 0.5) is 0 Å². The molecule has 0 saturated carbocycles. The zero-order valence-corrected chi connectivity index (χ0v) is 22.3. The first-order valence-electron chi connectivity index (χ1n) is 3.89. The fraction of sp³-hybridized carbons (Fsp3) is 0. The molecule has 0 rings (SSSR count). The van der Waals surface area contributed by atoms with E-state index < -0.39 is 43.7 Å². The van der Waals surface area contributed by atoms with Gasteiger partial charge in [-0.1, -0.05) is 0 Å². The zero-order chi connectivity index (χ0) is 21.0. The van der Waals surface area contributed by atoms with E-state index in [4.69, 9.17) is 0 Å². The van der Waals surface area contributed by atoms with E-state index in [-0.39, 0.29) is 69.4 Å². The Morgan fingerprint density at radius 3 is 0.286 bits per heavy atom. The van der Waals surface area contributed by atoms with Crippen molar-refractivity contribution in [3.63, 3.8) is 0 Å². The van der Waals surface area contributed by atoms with Crippen molar-refractivity contribution in [2.75, 3.05) is 0 Å². The third-order valence-electron chi connectivity index (χ3n) is 0.900. The Morgan fingerprint density at radius 1 is 0.250 bits per heavy atom. The van der Waals surface area contributed by atoms with Crippen LogP contribution in [0.25, 0.3) is 0 Å². The largest absolute Gasteiger partial charge is 3.00 e. The standard InChI is InChI=1S/4Al.3H4O6P2/c;;;;3*1-7(2,3)8(4,5)6/h;;;;3*(H2,1,2,3)(H2,4,5,6)/q4*+3;;;/p-12. The maximum atomic E-state index is 9.24. The van der Waals surface area contributed by atoms with Crippen LogP contribution in [0.15, 0.2) is 0 Å². The summed E-state index contributed by atoms with van der Waals surface area (Å²) in [6, 6.07) is 0. The molecule has 18 nitrogen and oxygen atoms in total. The Kier molecular flexibility index (Phi) is 28.8. The minimum Gasteiger partial charge on any atom is -0.807 e. The first-order valence-corrected chi connectivity index (χ1v) is 15.3. The van der Waals surface area contributed by atoms with Crippen molar-refractivity contribution in [1.82, 2.24) is 0 Å². The third kappa shape index (κ3) is 25.3. The van der Waals surface area contributed by atoms with Crippen LogP contribution in [0, 0.1) is 0 Å². The van der Waals surface area contributed by atoms with E-state index in [1.54, 1.807) is 0 Å². The molecule has 0 aromatic rings. The molecule has 0 aliphatic heterocycles. The molecule has 0 aliphatic carbocycles. The average Bonchev–Trinajstić information content (AvgIpc) is 2.08. The monoisotopic (exact) mass is 582 g/mol. The van der Waals surface area contributed by atoms with E-state index in [2.05, 4.69) is 0 Å². The summed E-state index contributed by atoms with van der Waals surface area (Å²) in [5, 5.41) is 0.